The van der Waals surface area contributed by atoms with Crippen molar-refractivity contribution >= 4 is 34.8 Å². The third-order valence-electron chi connectivity index (χ3n) is 5.45. The van der Waals surface area contributed by atoms with E-state index in [0.717, 1.165) is 10.6 Å². The molecule has 0 fully saturated rings. The third kappa shape index (κ3) is 4.56. The Morgan fingerprint density at radius 1 is 1.03 bits per heavy atom. The predicted molar refractivity (Wildman–Crippen MR) is 127 cm³/mol. The van der Waals surface area contributed by atoms with Gasteiger partial charge in [-0.2, -0.15) is 4.52 Å². The lowest BCUT2D eigenvalue weighted by atomic mass is 10.1. The van der Waals surface area contributed by atoms with Crippen molar-refractivity contribution in [2.75, 3.05) is 24.7 Å². The molecule has 2 aromatic heterocycles. The molecular weight excluding hydrogens is 491 g/mol. The molecule has 0 atom stereocenters. The summed E-state index contributed by atoms with van der Waals surface area (Å²) in [6.45, 7) is -0.174. The molecule has 0 saturated heterocycles. The maximum absolute atomic E-state index is 14.3. The number of nitrogens with one attached hydrogen (secondary N) is 4. The minimum atomic E-state index is -1.42. The third-order valence-corrected chi connectivity index (χ3v) is 5.45. The number of aromatic nitrogens is 4. The summed E-state index contributed by atoms with van der Waals surface area (Å²) in [6.07, 6.45) is 0. The Balaban J connectivity index is 1.52. The summed E-state index contributed by atoms with van der Waals surface area (Å²) in [7, 11) is 2.83. The number of nitrogens with zero attached hydrogens (tertiary/aromatic N) is 4. The number of benzene rings is 1. The number of amides is 2. The van der Waals surface area contributed by atoms with Gasteiger partial charge in [-0.1, -0.05) is 11.3 Å². The number of carbonyl (C=O) groups is 3. The normalized spacial score (nSPS) is 10.9. The van der Waals surface area contributed by atoms with E-state index < -0.39 is 40.2 Å². The van der Waals surface area contributed by atoms with Crippen molar-refractivity contribution in [1.29, 1.82) is 0 Å². The van der Waals surface area contributed by atoms with E-state index in [1.807, 2.05) is 0 Å². The average Bonchev–Trinajstić information content (AvgIpc) is 3.33. The number of carboxylic acid groups (broad SMARTS) is 1. The maximum Gasteiger partial charge on any atom is 0.354 e. The monoisotopic (exact) mass is 510 g/mol. The summed E-state index contributed by atoms with van der Waals surface area (Å²) in [4.78, 5) is 63.7. The van der Waals surface area contributed by atoms with E-state index in [1.54, 1.807) is 0 Å². The van der Waals surface area contributed by atoms with E-state index >= 15 is 0 Å². The molecule has 190 valence electrons. The van der Waals surface area contributed by atoms with Gasteiger partial charge in [0.05, 0.1) is 0 Å². The Hall–Kier alpha value is -5.21. The van der Waals surface area contributed by atoms with E-state index in [2.05, 4.69) is 36.6 Å². The molecule has 0 radical (unpaired) electrons. The quantitative estimate of drug-likeness (QED) is 0.182. The molecule has 2 heterocycles. The largest absolute Gasteiger partial charge is 0.477 e. The molecule has 0 saturated carbocycles. The van der Waals surface area contributed by atoms with Crippen molar-refractivity contribution < 1.29 is 23.9 Å². The molecule has 14 nitrogen and oxygen atoms in total. The van der Waals surface area contributed by atoms with Crippen molar-refractivity contribution in [1.82, 2.24) is 30.4 Å². The molecule has 0 aliphatic carbocycles. The number of hydrogen-bond donors (Lipinski definition) is 5. The first-order valence-electron chi connectivity index (χ1n) is 10.7. The topological polar surface area (TPSA) is 197 Å². The van der Waals surface area contributed by atoms with Crippen LogP contribution in [-0.4, -0.2) is 56.8 Å². The summed E-state index contributed by atoms with van der Waals surface area (Å²) >= 11 is 0. The van der Waals surface area contributed by atoms with Gasteiger partial charge in [0.15, 0.2) is 17.0 Å². The summed E-state index contributed by atoms with van der Waals surface area (Å²) in [5.74, 6) is -3.43. The van der Waals surface area contributed by atoms with Crippen molar-refractivity contribution in [3.05, 3.63) is 78.7 Å². The fourth-order valence-electron chi connectivity index (χ4n) is 3.54. The Labute approximate surface area is 206 Å². The van der Waals surface area contributed by atoms with Gasteiger partial charge in [-0.3, -0.25) is 19.2 Å². The first-order valence-corrected chi connectivity index (χ1v) is 10.7. The molecule has 2 amide bonds. The van der Waals surface area contributed by atoms with Crippen LogP contribution in [0.5, 0.6) is 0 Å². The number of rotatable bonds is 9. The van der Waals surface area contributed by atoms with Gasteiger partial charge in [-0.15, -0.1) is 5.10 Å². The zero-order chi connectivity index (χ0) is 26.9. The number of anilines is 2. The van der Waals surface area contributed by atoms with E-state index in [0.29, 0.717) is 5.56 Å². The number of carboxylic acids is 1. The predicted octanol–water partition coefficient (Wildman–Crippen LogP) is -0.499. The minimum Gasteiger partial charge on any atom is -0.477 e. The fourth-order valence-corrected chi connectivity index (χ4v) is 3.54. The van der Waals surface area contributed by atoms with Crippen LogP contribution in [0.15, 0.2) is 33.9 Å². The first-order chi connectivity index (χ1) is 17.7. The van der Waals surface area contributed by atoms with Crippen LogP contribution in [0.25, 0.3) is 5.65 Å². The minimum absolute atomic E-state index is 0.0618. The van der Waals surface area contributed by atoms with Gasteiger partial charge < -0.3 is 26.4 Å². The van der Waals surface area contributed by atoms with Crippen LogP contribution in [0.2, 0.25) is 0 Å². The van der Waals surface area contributed by atoms with Crippen LogP contribution in [0, 0.1) is 5.82 Å². The molecule has 0 aliphatic rings. The lowest BCUT2D eigenvalue weighted by Crippen LogP contribution is -2.36. The SMILES string of the molecule is CNC(=O)c1nnn2c(C(=O)O)cc(C(=O)NCc3ccc(F)c(CNc4c(NC)c(=O)c4=O)c3)nc12. The molecule has 15 heteroatoms. The fraction of sp³-hybridized carbons (Fsp3) is 0.182. The summed E-state index contributed by atoms with van der Waals surface area (Å²) < 4.78 is 15.1. The molecule has 4 aromatic rings. The van der Waals surface area contributed by atoms with Gasteiger partial charge in [0.25, 0.3) is 22.7 Å². The lowest BCUT2D eigenvalue weighted by Gasteiger charge is -2.14. The van der Waals surface area contributed by atoms with E-state index in [1.165, 1.54) is 32.3 Å². The van der Waals surface area contributed by atoms with Crippen LogP contribution in [0.1, 0.15) is 42.6 Å². The van der Waals surface area contributed by atoms with Crippen molar-refractivity contribution in [3.63, 3.8) is 0 Å². The smallest absolute Gasteiger partial charge is 0.354 e. The second-order valence-corrected chi connectivity index (χ2v) is 7.70. The second-order valence-electron chi connectivity index (χ2n) is 7.70. The van der Waals surface area contributed by atoms with E-state index in [-0.39, 0.29) is 47.1 Å². The van der Waals surface area contributed by atoms with Crippen LogP contribution in [-0.2, 0) is 13.1 Å². The highest BCUT2D eigenvalue weighted by atomic mass is 19.1. The Bertz CT molecular complexity index is 1640. The first kappa shape index (κ1) is 24.9. The number of fused-ring (bicyclic) bond motifs is 1. The van der Waals surface area contributed by atoms with Crippen molar-refractivity contribution in [2.24, 2.45) is 0 Å². The van der Waals surface area contributed by atoms with Crippen LogP contribution in [0.3, 0.4) is 0 Å². The zero-order valence-electron chi connectivity index (χ0n) is 19.4. The number of carbonyl (C=O) groups excluding carboxylic acids is 2. The summed E-state index contributed by atoms with van der Waals surface area (Å²) in [5.41, 5.74) is -1.75. The van der Waals surface area contributed by atoms with Gasteiger partial charge in [0.2, 0.25) is 0 Å². The highest BCUT2D eigenvalue weighted by molar-refractivity contribution is 6.00. The number of halogens is 1. The summed E-state index contributed by atoms with van der Waals surface area (Å²) in [5, 5.41) is 27.0. The van der Waals surface area contributed by atoms with Gasteiger partial charge in [-0.05, 0) is 17.7 Å². The molecule has 37 heavy (non-hydrogen) atoms. The molecular formula is C22H19FN8O6. The molecule has 0 unspecified atom stereocenters. The Morgan fingerprint density at radius 3 is 2.43 bits per heavy atom. The molecule has 2 aromatic carbocycles. The van der Waals surface area contributed by atoms with Gasteiger partial charge in [0, 0.05) is 38.8 Å². The highest BCUT2D eigenvalue weighted by Gasteiger charge is 2.23. The van der Waals surface area contributed by atoms with Gasteiger partial charge in [-0.25, -0.2) is 14.2 Å². The van der Waals surface area contributed by atoms with Crippen molar-refractivity contribution in [2.45, 2.75) is 13.1 Å². The molecule has 0 aliphatic heterocycles. The lowest BCUT2D eigenvalue weighted by molar-refractivity contribution is 0.0686. The molecule has 5 N–H and O–H groups in total. The number of hydrogen-bond acceptors (Lipinski definition) is 10. The summed E-state index contributed by atoms with van der Waals surface area (Å²) in [6, 6.07) is 5.05. The van der Waals surface area contributed by atoms with Crippen molar-refractivity contribution in [3.8, 4) is 0 Å². The Morgan fingerprint density at radius 2 is 1.76 bits per heavy atom. The Kier molecular flexibility index (Phi) is 6.60. The van der Waals surface area contributed by atoms with Gasteiger partial charge >= 0.3 is 5.97 Å². The zero-order valence-corrected chi connectivity index (χ0v) is 19.4. The average molecular weight is 510 g/mol. The highest BCUT2D eigenvalue weighted by Crippen LogP contribution is 2.17. The standard InChI is InChI=1S/C22H19FN8O6/c1-24-14-15(18(33)17(14)32)26-8-10-5-9(3-4-11(10)23)7-27-20(34)12-6-13(22(36)37)31-19(28-12)16(29-30-31)21(35)25-2/h3-6,24,26H,7-8H2,1-2H3,(H,25,35)(H,27,34)(H,36,37). The van der Waals surface area contributed by atoms with E-state index in [9.17, 15) is 33.5 Å². The molecule has 0 spiro atoms. The molecule has 4 rings (SSSR count). The van der Waals surface area contributed by atoms with Crippen LogP contribution >= 0.6 is 0 Å². The van der Waals surface area contributed by atoms with Crippen LogP contribution < -0.4 is 32.1 Å². The van der Waals surface area contributed by atoms with E-state index in [4.69, 9.17) is 0 Å². The second kappa shape index (κ2) is 9.80. The molecule has 0 bridgehead atoms. The maximum atomic E-state index is 14.3. The number of aromatic carboxylic acids is 1. The van der Waals surface area contributed by atoms with Gasteiger partial charge in [0.1, 0.15) is 22.9 Å². The van der Waals surface area contributed by atoms with Crippen LogP contribution in [0.4, 0.5) is 15.8 Å².